The van der Waals surface area contributed by atoms with Gasteiger partial charge < -0.3 is 24.6 Å². The van der Waals surface area contributed by atoms with E-state index < -0.39 is 23.9 Å². The fourth-order valence-corrected chi connectivity index (χ4v) is 5.16. The van der Waals surface area contributed by atoms with Crippen LogP contribution in [0.3, 0.4) is 0 Å². The summed E-state index contributed by atoms with van der Waals surface area (Å²) in [5.74, 6) is 0.0994. The minimum Gasteiger partial charge on any atom is -0.494 e. The molecule has 238 valence electrons. The summed E-state index contributed by atoms with van der Waals surface area (Å²) in [6.07, 6.45) is -3.34. The number of aliphatic hydroxyl groups is 1. The van der Waals surface area contributed by atoms with E-state index in [1.54, 1.807) is 30.3 Å². The Bertz CT molecular complexity index is 1640. The highest BCUT2D eigenvalue weighted by atomic mass is 19.4. The van der Waals surface area contributed by atoms with E-state index in [1.165, 1.54) is 24.3 Å². The number of alkyl halides is 3. The number of nitrogens with one attached hydrogen (secondary N) is 1. The van der Waals surface area contributed by atoms with E-state index in [9.17, 15) is 18.0 Å². The molecule has 1 aliphatic heterocycles. The molecule has 0 spiro atoms. The number of ether oxygens (including phenoxy) is 3. The van der Waals surface area contributed by atoms with Crippen molar-refractivity contribution in [2.45, 2.75) is 37.4 Å². The summed E-state index contributed by atoms with van der Waals surface area (Å²) >= 11 is 0. The lowest BCUT2D eigenvalue weighted by molar-refractivity contribution is -0.274. The minimum atomic E-state index is -4.80. The van der Waals surface area contributed by atoms with Crippen molar-refractivity contribution in [3.8, 4) is 22.6 Å². The molecular formula is C36H33F3N2O5. The van der Waals surface area contributed by atoms with Gasteiger partial charge in [0.15, 0.2) is 11.6 Å². The van der Waals surface area contributed by atoms with Crippen LogP contribution in [0, 0.1) is 0 Å². The number of hydrogen-bond acceptors (Lipinski definition) is 6. The van der Waals surface area contributed by atoms with Crippen LogP contribution in [0.5, 0.6) is 11.5 Å². The molecule has 4 aromatic carbocycles. The molecule has 1 amide bonds. The quantitative estimate of drug-likeness (QED) is 0.121. The fraction of sp³-hybridized carbons (Fsp3) is 0.222. The van der Waals surface area contributed by atoms with E-state index in [2.05, 4.69) is 16.6 Å². The molecule has 0 fully saturated rings. The lowest BCUT2D eigenvalue weighted by Crippen LogP contribution is -2.47. The van der Waals surface area contributed by atoms with Crippen molar-refractivity contribution < 1.29 is 37.3 Å². The molecule has 0 radical (unpaired) electrons. The van der Waals surface area contributed by atoms with Gasteiger partial charge in [0.1, 0.15) is 11.5 Å². The second-order valence-corrected chi connectivity index (χ2v) is 10.6. The Morgan fingerprint density at radius 2 is 1.54 bits per heavy atom. The molecule has 7 nitrogen and oxygen atoms in total. The average molecular weight is 631 g/mol. The number of halogens is 3. The van der Waals surface area contributed by atoms with Gasteiger partial charge in [-0.25, -0.2) is 4.99 Å². The first kappa shape index (κ1) is 32.3. The molecule has 5 rings (SSSR count). The fourth-order valence-electron chi connectivity index (χ4n) is 5.16. The van der Waals surface area contributed by atoms with Gasteiger partial charge in [-0.1, -0.05) is 72.8 Å². The number of carbonyl (C=O) groups excluding carboxylic acids is 1. The zero-order valence-corrected chi connectivity index (χ0v) is 24.9. The van der Waals surface area contributed by atoms with Crippen molar-refractivity contribution in [2.75, 3.05) is 13.2 Å². The van der Waals surface area contributed by atoms with Crippen LogP contribution in [0.25, 0.3) is 11.1 Å². The molecular weight excluding hydrogens is 597 g/mol. The number of aliphatic hydroxyl groups excluding tert-OH is 1. The zero-order chi connectivity index (χ0) is 32.6. The van der Waals surface area contributed by atoms with Crippen LogP contribution in [0.4, 0.5) is 13.2 Å². The van der Waals surface area contributed by atoms with Crippen LogP contribution >= 0.6 is 0 Å². The Labute approximate surface area is 265 Å². The summed E-state index contributed by atoms with van der Waals surface area (Å²) < 4.78 is 53.8. The van der Waals surface area contributed by atoms with Crippen LogP contribution in [-0.2, 0) is 16.1 Å². The molecule has 4 aromatic rings. The van der Waals surface area contributed by atoms with E-state index in [4.69, 9.17) is 19.6 Å². The zero-order valence-electron chi connectivity index (χ0n) is 24.9. The number of aliphatic imine (C=N–C) groups is 1. The highest BCUT2D eigenvalue weighted by Gasteiger charge is 2.52. The van der Waals surface area contributed by atoms with Gasteiger partial charge in [0.2, 0.25) is 5.90 Å². The topological polar surface area (TPSA) is 89.4 Å². The smallest absolute Gasteiger partial charge is 0.494 e. The van der Waals surface area contributed by atoms with Gasteiger partial charge >= 0.3 is 6.36 Å². The largest absolute Gasteiger partial charge is 0.573 e. The minimum absolute atomic E-state index is 0.0294. The molecule has 0 unspecified atom stereocenters. The SMILES string of the molecule is C=CC[C@@]1(C(=O)NCc2ccc(OC(F)(F)F)cc2)N=C(c2ccc(OCCCO)cc2)O[C@@H]1c1ccc(-c2ccccc2)cc1. The van der Waals surface area contributed by atoms with Crippen molar-refractivity contribution in [3.63, 3.8) is 0 Å². The van der Waals surface area contributed by atoms with Crippen molar-refractivity contribution >= 4 is 11.8 Å². The summed E-state index contributed by atoms with van der Waals surface area (Å²) in [7, 11) is 0. The average Bonchev–Trinajstić information content (AvgIpc) is 3.45. The normalized spacial score (nSPS) is 17.5. The van der Waals surface area contributed by atoms with Gasteiger partial charge in [-0.15, -0.1) is 19.8 Å². The number of carbonyl (C=O) groups is 1. The molecule has 10 heteroatoms. The lowest BCUT2D eigenvalue weighted by Gasteiger charge is -2.30. The Hall–Kier alpha value is -5.09. The van der Waals surface area contributed by atoms with E-state index in [1.807, 2.05) is 54.6 Å². The number of rotatable bonds is 13. The third-order valence-electron chi connectivity index (χ3n) is 7.42. The van der Waals surface area contributed by atoms with E-state index >= 15 is 0 Å². The molecule has 1 heterocycles. The first-order chi connectivity index (χ1) is 22.2. The van der Waals surface area contributed by atoms with Crippen molar-refractivity contribution in [2.24, 2.45) is 4.99 Å². The number of benzene rings is 4. The van der Waals surface area contributed by atoms with Crippen LogP contribution in [-0.4, -0.2) is 42.0 Å². The van der Waals surface area contributed by atoms with Gasteiger partial charge in [0.05, 0.1) is 6.61 Å². The predicted octanol–water partition coefficient (Wildman–Crippen LogP) is 7.16. The molecule has 0 aromatic heterocycles. The molecule has 0 saturated heterocycles. The van der Waals surface area contributed by atoms with Gasteiger partial charge in [0, 0.05) is 31.6 Å². The van der Waals surface area contributed by atoms with Crippen molar-refractivity contribution in [1.29, 1.82) is 0 Å². The van der Waals surface area contributed by atoms with E-state index in [-0.39, 0.29) is 31.2 Å². The van der Waals surface area contributed by atoms with Crippen molar-refractivity contribution in [1.82, 2.24) is 5.32 Å². The summed E-state index contributed by atoms with van der Waals surface area (Å²) in [4.78, 5) is 19.0. The van der Waals surface area contributed by atoms with Gasteiger partial charge in [0.25, 0.3) is 5.91 Å². The molecule has 0 aliphatic carbocycles. The molecule has 1 aliphatic rings. The standard InChI is InChI=1S/C36H33F3N2O5/c1-2-21-35(34(43)40-24-25-9-17-31(18-10-25)46-36(37,38)39)32(28-13-11-27(12-14-28)26-7-4-3-5-8-26)45-33(41-35)29-15-19-30(20-16-29)44-23-6-22-42/h2-5,7-20,32,42H,1,6,21-24H2,(H,40,43)/t32-,35-/m1/s1. The maximum absolute atomic E-state index is 14.1. The van der Waals surface area contributed by atoms with E-state index in [0.29, 0.717) is 29.9 Å². The Morgan fingerprint density at radius 1 is 0.913 bits per heavy atom. The second kappa shape index (κ2) is 14.3. The maximum atomic E-state index is 14.1. The number of nitrogens with zero attached hydrogens (tertiary/aromatic N) is 1. The third kappa shape index (κ3) is 7.76. The molecule has 2 N–H and O–H groups in total. The third-order valence-corrected chi connectivity index (χ3v) is 7.42. The van der Waals surface area contributed by atoms with Crippen molar-refractivity contribution in [3.05, 3.63) is 132 Å². The van der Waals surface area contributed by atoms with Gasteiger partial charge in [-0.3, -0.25) is 4.79 Å². The monoisotopic (exact) mass is 630 g/mol. The summed E-state index contributed by atoms with van der Waals surface area (Å²) in [5.41, 5.74) is 2.55. The van der Waals surface area contributed by atoms with Crippen LogP contribution in [0.15, 0.2) is 121 Å². The summed E-state index contributed by atoms with van der Waals surface area (Å²) in [5, 5.41) is 11.9. The predicted molar refractivity (Wildman–Crippen MR) is 168 cm³/mol. The molecule has 2 atom stereocenters. The number of amides is 1. The Kier molecular flexibility index (Phi) is 10.1. The summed E-state index contributed by atoms with van der Waals surface area (Å²) in [6, 6.07) is 30.0. The number of hydrogen-bond donors (Lipinski definition) is 2. The lowest BCUT2D eigenvalue weighted by atomic mass is 9.84. The first-order valence-electron chi connectivity index (χ1n) is 14.7. The van der Waals surface area contributed by atoms with Gasteiger partial charge in [-0.2, -0.15) is 0 Å². The van der Waals surface area contributed by atoms with Crippen LogP contribution < -0.4 is 14.8 Å². The van der Waals surface area contributed by atoms with Crippen LogP contribution in [0.1, 0.15) is 35.6 Å². The molecule has 46 heavy (non-hydrogen) atoms. The highest BCUT2D eigenvalue weighted by Crippen LogP contribution is 2.43. The Morgan fingerprint density at radius 3 is 2.17 bits per heavy atom. The van der Waals surface area contributed by atoms with E-state index in [0.717, 1.165) is 16.7 Å². The second-order valence-electron chi connectivity index (χ2n) is 10.6. The maximum Gasteiger partial charge on any atom is 0.573 e. The summed E-state index contributed by atoms with van der Waals surface area (Å²) in [6.45, 7) is 4.33. The molecule has 0 saturated carbocycles. The Balaban J connectivity index is 1.43. The van der Waals surface area contributed by atoms with Crippen LogP contribution in [0.2, 0.25) is 0 Å². The molecule has 0 bridgehead atoms. The highest BCUT2D eigenvalue weighted by molar-refractivity contribution is 6.01. The van der Waals surface area contributed by atoms with Gasteiger partial charge in [-0.05, 0) is 58.7 Å². The first-order valence-corrected chi connectivity index (χ1v) is 14.7.